The maximum Gasteiger partial charge on any atom is 0.242 e. The summed E-state index contributed by atoms with van der Waals surface area (Å²) in [6.45, 7) is 5.63. The Morgan fingerprint density at radius 3 is 2.77 bits per heavy atom. The monoisotopic (exact) mass is 373 g/mol. The number of benzene rings is 2. The zero-order valence-corrected chi connectivity index (χ0v) is 16.3. The first-order valence-corrected chi connectivity index (χ1v) is 9.04. The molecule has 1 atom stereocenters. The van der Waals surface area contributed by atoms with Crippen molar-refractivity contribution in [3.8, 4) is 0 Å². The van der Waals surface area contributed by atoms with E-state index in [1.807, 2.05) is 31.2 Å². The quantitative estimate of drug-likeness (QED) is 0.788. The van der Waals surface area contributed by atoms with Crippen LogP contribution in [0.1, 0.15) is 30.0 Å². The van der Waals surface area contributed by atoms with Crippen LogP contribution in [-0.2, 0) is 17.6 Å². The van der Waals surface area contributed by atoms with Crippen LogP contribution in [-0.4, -0.2) is 25.0 Å². The summed E-state index contributed by atoms with van der Waals surface area (Å²) in [5, 5.41) is 3.09. The highest BCUT2D eigenvalue weighted by atomic mass is 35.5. The Hall–Kier alpha value is -2.20. The summed E-state index contributed by atoms with van der Waals surface area (Å²) in [6, 6.07) is 14.1. The van der Waals surface area contributed by atoms with Gasteiger partial charge in [0.1, 0.15) is 6.04 Å². The number of aryl methyl sites for hydroxylation is 1. The minimum Gasteiger partial charge on any atom is -0.398 e. The van der Waals surface area contributed by atoms with E-state index in [-0.39, 0.29) is 24.4 Å². The van der Waals surface area contributed by atoms with Crippen LogP contribution in [0, 0.1) is 6.92 Å². The van der Waals surface area contributed by atoms with E-state index >= 15 is 0 Å². The first kappa shape index (κ1) is 20.1. The zero-order valence-electron chi connectivity index (χ0n) is 15.5. The predicted octanol–water partition coefficient (Wildman–Crippen LogP) is 3.50. The average Bonchev–Trinajstić information content (AvgIpc) is 2.62. The first-order chi connectivity index (χ1) is 12.1. The predicted molar refractivity (Wildman–Crippen MR) is 111 cm³/mol. The molecule has 1 aliphatic rings. The largest absolute Gasteiger partial charge is 0.398 e. The fraction of sp³-hybridized carbons (Fsp3) is 0.381. The maximum atomic E-state index is 12.6. The molecule has 0 aliphatic carbocycles. The number of nitrogens with zero attached hydrogens (tertiary/aromatic N) is 1. The van der Waals surface area contributed by atoms with Gasteiger partial charge in [-0.2, -0.15) is 0 Å². The normalized spacial score (nSPS) is 14.2. The Balaban J connectivity index is 0.00000243. The van der Waals surface area contributed by atoms with Crippen molar-refractivity contribution < 1.29 is 4.79 Å². The lowest BCUT2D eigenvalue weighted by Gasteiger charge is -2.36. The zero-order chi connectivity index (χ0) is 17.8. The van der Waals surface area contributed by atoms with E-state index in [0.717, 1.165) is 37.2 Å². The third-order valence-electron chi connectivity index (χ3n) is 5.12. The van der Waals surface area contributed by atoms with Crippen molar-refractivity contribution in [3.63, 3.8) is 0 Å². The lowest BCUT2D eigenvalue weighted by Crippen LogP contribution is -2.47. The summed E-state index contributed by atoms with van der Waals surface area (Å²) in [5.74, 6) is 0.0730. The third-order valence-corrected chi connectivity index (χ3v) is 5.12. The molecule has 0 spiro atoms. The van der Waals surface area contributed by atoms with Gasteiger partial charge in [0, 0.05) is 24.5 Å². The Labute approximate surface area is 162 Å². The van der Waals surface area contributed by atoms with Crippen molar-refractivity contribution >= 4 is 29.7 Å². The molecule has 1 heterocycles. The van der Waals surface area contributed by atoms with E-state index in [0.29, 0.717) is 6.54 Å². The maximum absolute atomic E-state index is 12.6. The third kappa shape index (κ3) is 4.31. The summed E-state index contributed by atoms with van der Waals surface area (Å²) in [7, 11) is 0. The lowest BCUT2D eigenvalue weighted by atomic mass is 9.98. The van der Waals surface area contributed by atoms with Crippen molar-refractivity contribution in [2.45, 2.75) is 39.2 Å². The molecule has 5 heteroatoms. The second-order valence-electron chi connectivity index (χ2n) is 6.79. The summed E-state index contributed by atoms with van der Waals surface area (Å²) in [6.07, 6.45) is 2.87. The van der Waals surface area contributed by atoms with Crippen LogP contribution in [0.5, 0.6) is 0 Å². The Morgan fingerprint density at radius 1 is 1.23 bits per heavy atom. The molecule has 2 aromatic carbocycles. The van der Waals surface area contributed by atoms with Gasteiger partial charge in [0.25, 0.3) is 0 Å². The van der Waals surface area contributed by atoms with Gasteiger partial charge < -0.3 is 16.0 Å². The van der Waals surface area contributed by atoms with Crippen molar-refractivity contribution in [1.82, 2.24) is 5.32 Å². The van der Waals surface area contributed by atoms with Gasteiger partial charge in [0.2, 0.25) is 5.91 Å². The average molecular weight is 374 g/mol. The highest BCUT2D eigenvalue weighted by Gasteiger charge is 2.26. The Kier molecular flexibility index (Phi) is 6.92. The first-order valence-electron chi connectivity index (χ1n) is 9.04. The number of nitrogens with two attached hydrogens (primary N) is 1. The topological polar surface area (TPSA) is 58.4 Å². The summed E-state index contributed by atoms with van der Waals surface area (Å²) < 4.78 is 0. The molecule has 0 saturated heterocycles. The number of fused-ring (bicyclic) bond motifs is 1. The smallest absolute Gasteiger partial charge is 0.242 e. The number of nitrogens with one attached hydrogen (secondary N) is 1. The summed E-state index contributed by atoms with van der Waals surface area (Å²) in [4.78, 5) is 14.8. The van der Waals surface area contributed by atoms with Crippen molar-refractivity contribution in [1.29, 1.82) is 0 Å². The van der Waals surface area contributed by atoms with E-state index in [2.05, 4.69) is 35.3 Å². The van der Waals surface area contributed by atoms with E-state index in [1.165, 1.54) is 16.7 Å². The molecule has 3 rings (SSSR count). The Morgan fingerprint density at radius 2 is 2.00 bits per heavy atom. The molecule has 0 fully saturated rings. The molecule has 1 aliphatic heterocycles. The van der Waals surface area contributed by atoms with Gasteiger partial charge >= 0.3 is 0 Å². The summed E-state index contributed by atoms with van der Waals surface area (Å²) in [5.41, 5.74) is 11.8. The van der Waals surface area contributed by atoms with Crippen LogP contribution in [0.25, 0.3) is 0 Å². The fourth-order valence-corrected chi connectivity index (χ4v) is 3.58. The molecule has 140 valence electrons. The molecule has 0 bridgehead atoms. The highest BCUT2D eigenvalue weighted by molar-refractivity contribution is 5.86. The number of hydrogen-bond donors (Lipinski definition) is 2. The SMILES string of the molecule is Cc1ccccc1CCNC(=O)C(C)N1CCCc2c(N)cccc21.Cl. The van der Waals surface area contributed by atoms with Crippen molar-refractivity contribution in [2.24, 2.45) is 0 Å². The molecule has 26 heavy (non-hydrogen) atoms. The molecule has 2 aromatic rings. The van der Waals surface area contributed by atoms with Crippen LogP contribution in [0.4, 0.5) is 11.4 Å². The van der Waals surface area contributed by atoms with E-state index < -0.39 is 0 Å². The van der Waals surface area contributed by atoms with Crippen LogP contribution >= 0.6 is 12.4 Å². The second kappa shape index (κ2) is 8.95. The molecule has 0 saturated carbocycles. The second-order valence-corrected chi connectivity index (χ2v) is 6.79. The molecule has 1 unspecified atom stereocenters. The van der Waals surface area contributed by atoms with Gasteiger partial charge in [-0.3, -0.25) is 4.79 Å². The summed E-state index contributed by atoms with van der Waals surface area (Å²) >= 11 is 0. The number of rotatable bonds is 5. The number of nitrogen functional groups attached to an aromatic ring is 1. The number of carbonyl (C=O) groups excluding carboxylic acids is 1. The van der Waals surface area contributed by atoms with Crippen molar-refractivity contribution in [2.75, 3.05) is 23.7 Å². The molecular formula is C21H28ClN3O. The van der Waals surface area contributed by atoms with Crippen LogP contribution in [0.3, 0.4) is 0 Å². The van der Waals surface area contributed by atoms with Crippen LogP contribution in [0.15, 0.2) is 42.5 Å². The molecule has 0 aromatic heterocycles. The lowest BCUT2D eigenvalue weighted by molar-refractivity contribution is -0.122. The van der Waals surface area contributed by atoms with Gasteiger partial charge in [-0.1, -0.05) is 30.3 Å². The molecule has 4 nitrogen and oxygen atoms in total. The van der Waals surface area contributed by atoms with E-state index in [1.54, 1.807) is 0 Å². The number of hydrogen-bond acceptors (Lipinski definition) is 3. The number of carbonyl (C=O) groups is 1. The van der Waals surface area contributed by atoms with Gasteiger partial charge in [0.05, 0.1) is 0 Å². The molecule has 3 N–H and O–H groups in total. The van der Waals surface area contributed by atoms with Crippen LogP contribution in [0.2, 0.25) is 0 Å². The van der Waals surface area contributed by atoms with Crippen molar-refractivity contribution in [3.05, 3.63) is 59.2 Å². The fourth-order valence-electron chi connectivity index (χ4n) is 3.58. The number of anilines is 2. The minimum absolute atomic E-state index is 0. The standard InChI is InChI=1S/C21H27N3O.ClH/c1-15-7-3-4-8-17(15)12-13-23-21(25)16(2)24-14-6-9-18-19(22)10-5-11-20(18)24;/h3-5,7-8,10-11,16H,6,9,12-14,22H2,1-2H3,(H,23,25);1H. The minimum atomic E-state index is -0.197. The molecular weight excluding hydrogens is 346 g/mol. The molecule has 1 amide bonds. The number of amides is 1. The Bertz CT molecular complexity index is 763. The molecule has 0 radical (unpaired) electrons. The van der Waals surface area contributed by atoms with Gasteiger partial charge in [-0.05, 0) is 61.9 Å². The van der Waals surface area contributed by atoms with Gasteiger partial charge in [-0.25, -0.2) is 0 Å². The highest BCUT2D eigenvalue weighted by Crippen LogP contribution is 2.32. The van der Waals surface area contributed by atoms with E-state index in [9.17, 15) is 4.79 Å². The van der Waals surface area contributed by atoms with E-state index in [4.69, 9.17) is 5.73 Å². The van der Waals surface area contributed by atoms with Crippen LogP contribution < -0.4 is 16.0 Å². The van der Waals surface area contributed by atoms with Gasteiger partial charge in [-0.15, -0.1) is 12.4 Å². The van der Waals surface area contributed by atoms with Gasteiger partial charge in [0.15, 0.2) is 0 Å². The number of halogens is 1.